The number of benzene rings is 4. The average molecular weight is 608 g/mol. The highest BCUT2D eigenvalue weighted by Crippen LogP contribution is 2.49. The second kappa shape index (κ2) is 15.3. The number of nitrogens with zero attached hydrogens (tertiary/aromatic N) is 1. The summed E-state index contributed by atoms with van der Waals surface area (Å²) in [5, 5.41) is 0.679. The van der Waals surface area contributed by atoms with E-state index in [1.54, 1.807) is 0 Å². The summed E-state index contributed by atoms with van der Waals surface area (Å²) in [5.74, 6) is 0.374. The fourth-order valence-electron chi connectivity index (χ4n) is 6.53. The third-order valence-corrected chi connectivity index (χ3v) is 11.0. The summed E-state index contributed by atoms with van der Waals surface area (Å²) in [7, 11) is 0. The van der Waals surface area contributed by atoms with Crippen molar-refractivity contribution >= 4 is 17.4 Å². The molecule has 2 saturated heterocycles. The Balaban J connectivity index is 1.24. The molecule has 44 heavy (non-hydrogen) atoms. The molecule has 0 unspecified atom stereocenters. The van der Waals surface area contributed by atoms with Gasteiger partial charge >= 0.3 is 0 Å². The number of morpholine rings is 1. The van der Waals surface area contributed by atoms with Crippen molar-refractivity contribution in [1.29, 1.82) is 0 Å². The monoisotopic (exact) mass is 607 g/mol. The summed E-state index contributed by atoms with van der Waals surface area (Å²) in [5.41, 5.74) is 7.66. The van der Waals surface area contributed by atoms with E-state index < -0.39 is 0 Å². The Bertz CT molecular complexity index is 1420. The average Bonchev–Trinajstić information content (AvgIpc) is 3.08. The lowest BCUT2D eigenvalue weighted by Crippen LogP contribution is -2.48. The molecule has 0 aliphatic carbocycles. The Kier molecular flexibility index (Phi) is 10.7. The van der Waals surface area contributed by atoms with E-state index in [9.17, 15) is 0 Å². The van der Waals surface area contributed by atoms with Crippen LogP contribution < -0.4 is 4.90 Å². The minimum atomic E-state index is -0.0650. The van der Waals surface area contributed by atoms with E-state index in [2.05, 4.69) is 140 Å². The highest BCUT2D eigenvalue weighted by molar-refractivity contribution is 8.00. The summed E-state index contributed by atoms with van der Waals surface area (Å²) >= 11 is 2.07. The molecule has 0 saturated carbocycles. The second-order valence-electron chi connectivity index (χ2n) is 12.1. The molecule has 0 radical (unpaired) electrons. The Morgan fingerprint density at radius 1 is 0.705 bits per heavy atom. The van der Waals surface area contributed by atoms with Crippen molar-refractivity contribution in [3.63, 3.8) is 0 Å². The molecule has 0 amide bonds. The largest absolute Gasteiger partial charge is 0.378 e. The molecule has 4 aromatic carbocycles. The maximum Gasteiger partial charge on any atom is 0.100 e. The third-order valence-electron chi connectivity index (χ3n) is 9.02. The van der Waals surface area contributed by atoms with Crippen molar-refractivity contribution in [1.82, 2.24) is 0 Å². The van der Waals surface area contributed by atoms with Gasteiger partial charge in [-0.15, -0.1) is 11.8 Å². The summed E-state index contributed by atoms with van der Waals surface area (Å²) in [4.78, 5) is 2.41. The van der Waals surface area contributed by atoms with Gasteiger partial charge in [0, 0.05) is 24.0 Å². The number of hydrogen-bond acceptors (Lipinski definition) is 5. The number of ether oxygens (including phenoxy) is 3. The first-order valence-electron chi connectivity index (χ1n) is 16.1. The van der Waals surface area contributed by atoms with Crippen molar-refractivity contribution in [2.24, 2.45) is 5.92 Å². The molecule has 2 fully saturated rings. The molecule has 5 heteroatoms. The van der Waals surface area contributed by atoms with Crippen molar-refractivity contribution in [3.05, 3.63) is 137 Å². The normalized spacial score (nSPS) is 23.9. The molecular formula is C39H45NO3S. The second-order valence-corrected chi connectivity index (χ2v) is 13.5. The van der Waals surface area contributed by atoms with E-state index in [0.717, 1.165) is 39.1 Å². The highest BCUT2D eigenvalue weighted by Gasteiger charge is 2.45. The lowest BCUT2D eigenvalue weighted by Gasteiger charge is -2.45. The molecule has 6 rings (SSSR count). The molecule has 0 aromatic heterocycles. The molecule has 2 aliphatic rings. The Labute approximate surface area is 267 Å². The van der Waals surface area contributed by atoms with Gasteiger partial charge in [-0.2, -0.15) is 0 Å². The first-order chi connectivity index (χ1) is 21.7. The van der Waals surface area contributed by atoms with Crippen LogP contribution in [0.25, 0.3) is 0 Å². The molecule has 0 N–H and O–H groups in total. The van der Waals surface area contributed by atoms with Gasteiger partial charge < -0.3 is 19.1 Å². The molecule has 5 atom stereocenters. The van der Waals surface area contributed by atoms with Crippen LogP contribution in [0.5, 0.6) is 0 Å². The van der Waals surface area contributed by atoms with Crippen molar-refractivity contribution in [2.75, 3.05) is 31.2 Å². The minimum absolute atomic E-state index is 0.00786. The fourth-order valence-corrected chi connectivity index (χ4v) is 8.20. The lowest BCUT2D eigenvalue weighted by atomic mass is 9.89. The zero-order valence-electron chi connectivity index (χ0n) is 26.0. The number of hydrogen-bond donors (Lipinski definition) is 0. The highest BCUT2D eigenvalue weighted by atomic mass is 32.2. The van der Waals surface area contributed by atoms with E-state index in [-0.39, 0.29) is 17.5 Å². The predicted molar refractivity (Wildman–Crippen MR) is 182 cm³/mol. The van der Waals surface area contributed by atoms with Crippen LogP contribution in [0, 0.1) is 5.92 Å². The lowest BCUT2D eigenvalue weighted by molar-refractivity contribution is -0.112. The molecule has 0 bridgehead atoms. The molecule has 0 spiro atoms. The summed E-state index contributed by atoms with van der Waals surface area (Å²) in [6, 6.07) is 39.3. The van der Waals surface area contributed by atoms with Crippen molar-refractivity contribution in [3.8, 4) is 0 Å². The quantitative estimate of drug-likeness (QED) is 0.171. The van der Waals surface area contributed by atoms with Crippen LogP contribution in [0.1, 0.15) is 53.3 Å². The number of thioether (sulfide) groups is 1. The van der Waals surface area contributed by atoms with Crippen LogP contribution in [0.3, 0.4) is 0 Å². The summed E-state index contributed by atoms with van der Waals surface area (Å²) in [6.45, 7) is 9.36. The van der Waals surface area contributed by atoms with Crippen LogP contribution in [0.15, 0.2) is 109 Å². The van der Waals surface area contributed by atoms with Crippen LogP contribution in [-0.4, -0.2) is 43.8 Å². The van der Waals surface area contributed by atoms with Gasteiger partial charge in [0.2, 0.25) is 0 Å². The van der Waals surface area contributed by atoms with Gasteiger partial charge in [-0.3, -0.25) is 0 Å². The maximum atomic E-state index is 6.87. The smallest absolute Gasteiger partial charge is 0.100 e. The predicted octanol–water partition coefficient (Wildman–Crippen LogP) is 8.49. The Morgan fingerprint density at radius 3 is 1.95 bits per heavy atom. The summed E-state index contributed by atoms with van der Waals surface area (Å²) in [6.07, 6.45) is 1.94. The first kappa shape index (κ1) is 30.9. The first-order valence-corrected chi connectivity index (χ1v) is 17.1. The number of rotatable bonds is 11. The SMILES string of the molecule is CC[C@H]1S[C@@H](c2cccc(Cc3ccc(N4CCOCC4)cc3)c2)[C@H](OCc2ccccc2)[C@@H](OCc2ccccc2)[C@@H]1C. The van der Waals surface area contributed by atoms with Gasteiger partial charge in [0.05, 0.1) is 37.8 Å². The fraction of sp³-hybridized carbons (Fsp3) is 0.385. The zero-order chi connectivity index (χ0) is 30.1. The molecule has 4 aromatic rings. The zero-order valence-corrected chi connectivity index (χ0v) is 26.8. The molecule has 230 valence electrons. The van der Waals surface area contributed by atoms with Crippen LogP contribution in [-0.2, 0) is 33.8 Å². The van der Waals surface area contributed by atoms with E-state index in [4.69, 9.17) is 14.2 Å². The Hall–Kier alpha value is -3.09. The molecular weight excluding hydrogens is 563 g/mol. The van der Waals surface area contributed by atoms with Gasteiger partial charge in [0.25, 0.3) is 0 Å². The molecule has 2 heterocycles. The van der Waals surface area contributed by atoms with E-state index in [0.29, 0.717) is 24.4 Å². The minimum Gasteiger partial charge on any atom is -0.378 e. The van der Waals surface area contributed by atoms with E-state index in [1.807, 2.05) is 0 Å². The van der Waals surface area contributed by atoms with Gasteiger partial charge in [-0.05, 0) is 58.7 Å². The number of anilines is 1. The van der Waals surface area contributed by atoms with Gasteiger partial charge in [0.1, 0.15) is 6.10 Å². The van der Waals surface area contributed by atoms with Crippen LogP contribution in [0.2, 0.25) is 0 Å². The van der Waals surface area contributed by atoms with E-state index >= 15 is 0 Å². The maximum absolute atomic E-state index is 6.87. The Morgan fingerprint density at radius 2 is 1.32 bits per heavy atom. The standard InChI is InChI=1S/C39H45NO3S/c1-3-36-29(2)37(42-27-31-11-6-4-7-12-31)38(43-28-32-13-8-5-9-14-32)39(44-36)34-16-10-15-33(26-34)25-30-17-19-35(20-18-30)40-21-23-41-24-22-40/h4-20,26,29,36-39H,3,21-25,27-28H2,1-2H3/t29-,36-,37+,38-,39+/m1/s1. The third kappa shape index (κ3) is 7.76. The molecule has 2 aliphatic heterocycles. The van der Waals surface area contributed by atoms with E-state index in [1.165, 1.54) is 33.5 Å². The van der Waals surface area contributed by atoms with Gasteiger partial charge in [0.15, 0.2) is 0 Å². The van der Waals surface area contributed by atoms with Crippen molar-refractivity contribution < 1.29 is 14.2 Å². The van der Waals surface area contributed by atoms with Crippen LogP contribution >= 0.6 is 11.8 Å². The van der Waals surface area contributed by atoms with Crippen molar-refractivity contribution in [2.45, 2.75) is 62.6 Å². The van der Waals surface area contributed by atoms with Gasteiger partial charge in [-0.25, -0.2) is 0 Å². The topological polar surface area (TPSA) is 30.9 Å². The molecule has 4 nitrogen and oxygen atoms in total. The van der Waals surface area contributed by atoms with Crippen LogP contribution in [0.4, 0.5) is 5.69 Å². The summed E-state index contributed by atoms with van der Waals surface area (Å²) < 4.78 is 19.2. The van der Waals surface area contributed by atoms with Gasteiger partial charge in [-0.1, -0.05) is 111 Å².